The SMILES string of the molecule is CN1C(=O)C2C(N=C3N(Cc4ccccc4)C(c4ccccc4)=CN32)N(C)C1=O. The number of carbonyl (C=O) groups is 2. The van der Waals surface area contributed by atoms with E-state index in [1.54, 1.807) is 7.05 Å². The van der Waals surface area contributed by atoms with Crippen molar-refractivity contribution in [3.8, 4) is 0 Å². The number of rotatable bonds is 3. The first-order valence-corrected chi connectivity index (χ1v) is 9.55. The van der Waals surface area contributed by atoms with Gasteiger partial charge >= 0.3 is 6.03 Å². The van der Waals surface area contributed by atoms with Crippen molar-refractivity contribution >= 4 is 23.6 Å². The van der Waals surface area contributed by atoms with E-state index < -0.39 is 12.2 Å². The Morgan fingerprint density at radius 3 is 2.28 bits per heavy atom. The summed E-state index contributed by atoms with van der Waals surface area (Å²) >= 11 is 0. The molecule has 146 valence electrons. The van der Waals surface area contributed by atoms with Crippen molar-refractivity contribution in [3.05, 3.63) is 78.0 Å². The molecule has 0 aliphatic carbocycles. The lowest BCUT2D eigenvalue weighted by molar-refractivity contribution is -0.135. The molecule has 0 spiro atoms. The Balaban J connectivity index is 1.58. The Morgan fingerprint density at radius 2 is 1.59 bits per heavy atom. The maximum absolute atomic E-state index is 12.9. The molecule has 1 saturated heterocycles. The second-order valence-corrected chi connectivity index (χ2v) is 7.44. The van der Waals surface area contributed by atoms with Gasteiger partial charge in [0.25, 0.3) is 5.91 Å². The highest BCUT2D eigenvalue weighted by molar-refractivity contribution is 6.06. The monoisotopic (exact) mass is 387 g/mol. The van der Waals surface area contributed by atoms with Crippen LogP contribution in [0.15, 0.2) is 71.9 Å². The number of urea groups is 1. The number of carbonyl (C=O) groups excluding carboxylic acids is 2. The lowest BCUT2D eigenvalue weighted by Gasteiger charge is -2.38. The molecule has 0 saturated carbocycles. The zero-order valence-corrected chi connectivity index (χ0v) is 16.3. The van der Waals surface area contributed by atoms with E-state index >= 15 is 0 Å². The van der Waals surface area contributed by atoms with Crippen molar-refractivity contribution in [2.75, 3.05) is 14.1 Å². The van der Waals surface area contributed by atoms with E-state index in [-0.39, 0.29) is 11.9 Å². The fraction of sp³-hybridized carbons (Fsp3) is 0.227. The maximum Gasteiger partial charge on any atom is 0.328 e. The average Bonchev–Trinajstić information content (AvgIpc) is 3.29. The summed E-state index contributed by atoms with van der Waals surface area (Å²) in [4.78, 5) is 36.9. The molecule has 0 N–H and O–H groups in total. The summed E-state index contributed by atoms with van der Waals surface area (Å²) in [6.45, 7) is 0.623. The second-order valence-electron chi connectivity index (χ2n) is 7.44. The summed E-state index contributed by atoms with van der Waals surface area (Å²) in [5.74, 6) is 0.466. The van der Waals surface area contributed by atoms with Gasteiger partial charge < -0.3 is 14.7 Å². The van der Waals surface area contributed by atoms with Gasteiger partial charge in [-0.2, -0.15) is 0 Å². The van der Waals surface area contributed by atoms with Gasteiger partial charge in [-0.3, -0.25) is 9.69 Å². The molecule has 2 atom stereocenters. The summed E-state index contributed by atoms with van der Waals surface area (Å²) in [6, 6.07) is 19.4. The van der Waals surface area contributed by atoms with Crippen LogP contribution in [0.25, 0.3) is 5.70 Å². The normalized spacial score (nSPS) is 23.2. The highest BCUT2D eigenvalue weighted by Crippen LogP contribution is 2.37. The van der Waals surface area contributed by atoms with Crippen LogP contribution in [0.3, 0.4) is 0 Å². The van der Waals surface area contributed by atoms with Gasteiger partial charge in [-0.05, 0) is 11.1 Å². The van der Waals surface area contributed by atoms with E-state index in [1.165, 1.54) is 16.8 Å². The minimum atomic E-state index is -0.544. The minimum absolute atomic E-state index is 0.234. The van der Waals surface area contributed by atoms with Crippen LogP contribution >= 0.6 is 0 Å². The summed E-state index contributed by atoms with van der Waals surface area (Å²) in [5.41, 5.74) is 3.18. The van der Waals surface area contributed by atoms with Crippen molar-refractivity contribution in [1.82, 2.24) is 19.6 Å². The van der Waals surface area contributed by atoms with Crippen molar-refractivity contribution in [1.29, 1.82) is 0 Å². The topological polar surface area (TPSA) is 59.5 Å². The molecular formula is C22H21N5O2. The molecule has 2 aromatic rings. The molecule has 2 aromatic carbocycles. The Hall–Kier alpha value is -3.61. The Bertz CT molecular complexity index is 1030. The molecule has 3 amide bonds. The minimum Gasteiger partial charge on any atom is -0.306 e. The Labute approximate surface area is 169 Å². The van der Waals surface area contributed by atoms with E-state index in [1.807, 2.05) is 47.5 Å². The first-order chi connectivity index (χ1) is 14.1. The van der Waals surface area contributed by atoms with Gasteiger partial charge in [-0.25, -0.2) is 9.79 Å². The smallest absolute Gasteiger partial charge is 0.306 e. The van der Waals surface area contributed by atoms with E-state index in [0.29, 0.717) is 12.5 Å². The van der Waals surface area contributed by atoms with Gasteiger partial charge in [0.1, 0.15) is 0 Å². The third kappa shape index (κ3) is 2.61. The standard InChI is InChI=1S/C22H21N5O2/c1-24-19-18(20(28)25(2)22(24)29)27-14-17(16-11-7-4-8-12-16)26(21(27)23-19)13-15-9-5-3-6-10-15/h3-12,14,18-19H,13H2,1-2H3. The number of fused-ring (bicyclic) bond motifs is 3. The van der Waals surface area contributed by atoms with Gasteiger partial charge in [0.15, 0.2) is 12.2 Å². The number of benzene rings is 2. The van der Waals surface area contributed by atoms with Crippen LogP contribution in [0.5, 0.6) is 0 Å². The molecular weight excluding hydrogens is 366 g/mol. The van der Waals surface area contributed by atoms with Gasteiger partial charge in [0.2, 0.25) is 5.96 Å². The maximum atomic E-state index is 12.9. The summed E-state index contributed by atoms with van der Waals surface area (Å²) in [5, 5.41) is 0. The predicted molar refractivity (Wildman–Crippen MR) is 109 cm³/mol. The predicted octanol–water partition coefficient (Wildman–Crippen LogP) is 2.39. The zero-order valence-electron chi connectivity index (χ0n) is 16.3. The average molecular weight is 387 g/mol. The third-order valence-corrected chi connectivity index (χ3v) is 5.68. The molecule has 0 bridgehead atoms. The fourth-order valence-electron chi connectivity index (χ4n) is 4.13. The molecule has 0 aromatic heterocycles. The molecule has 2 unspecified atom stereocenters. The molecule has 5 rings (SSSR count). The Morgan fingerprint density at radius 1 is 0.931 bits per heavy atom. The van der Waals surface area contributed by atoms with E-state index in [2.05, 4.69) is 29.2 Å². The fourth-order valence-corrected chi connectivity index (χ4v) is 4.13. The molecule has 3 aliphatic heterocycles. The van der Waals surface area contributed by atoms with Crippen molar-refractivity contribution < 1.29 is 9.59 Å². The summed E-state index contributed by atoms with van der Waals surface area (Å²) < 4.78 is 0. The lowest BCUT2D eigenvalue weighted by Crippen LogP contribution is -2.63. The van der Waals surface area contributed by atoms with Gasteiger partial charge in [0, 0.05) is 20.3 Å². The van der Waals surface area contributed by atoms with E-state index in [4.69, 9.17) is 4.99 Å². The van der Waals surface area contributed by atoms with Crippen LogP contribution in [-0.2, 0) is 11.3 Å². The van der Waals surface area contributed by atoms with E-state index in [9.17, 15) is 9.59 Å². The number of nitrogens with zero attached hydrogens (tertiary/aromatic N) is 5. The summed E-state index contributed by atoms with van der Waals surface area (Å²) in [6.07, 6.45) is 1.46. The van der Waals surface area contributed by atoms with Crippen LogP contribution < -0.4 is 0 Å². The van der Waals surface area contributed by atoms with Crippen molar-refractivity contribution in [3.63, 3.8) is 0 Å². The quantitative estimate of drug-likeness (QED) is 0.812. The number of aliphatic imine (C=N–C) groups is 1. The lowest BCUT2D eigenvalue weighted by atomic mass is 10.1. The Kier molecular flexibility index (Phi) is 3.91. The second kappa shape index (κ2) is 6.48. The molecule has 0 radical (unpaired) electrons. The molecule has 7 heteroatoms. The van der Waals surface area contributed by atoms with Gasteiger partial charge in [-0.15, -0.1) is 0 Å². The number of hydrogen-bond donors (Lipinski definition) is 0. The van der Waals surface area contributed by atoms with Crippen molar-refractivity contribution in [2.45, 2.75) is 18.8 Å². The van der Waals surface area contributed by atoms with E-state index in [0.717, 1.165) is 16.8 Å². The van der Waals surface area contributed by atoms with Crippen molar-refractivity contribution in [2.24, 2.45) is 4.99 Å². The first-order valence-electron chi connectivity index (χ1n) is 9.55. The third-order valence-electron chi connectivity index (χ3n) is 5.68. The number of hydrogen-bond acceptors (Lipinski definition) is 5. The highest BCUT2D eigenvalue weighted by atomic mass is 16.2. The number of imide groups is 1. The van der Waals surface area contributed by atoms with Crippen LogP contribution in [0.2, 0.25) is 0 Å². The van der Waals surface area contributed by atoms with Crippen LogP contribution in [0.4, 0.5) is 4.79 Å². The van der Waals surface area contributed by atoms with Crippen LogP contribution in [-0.4, -0.2) is 63.8 Å². The summed E-state index contributed by atoms with van der Waals surface area (Å²) in [7, 11) is 3.22. The van der Waals surface area contributed by atoms with Gasteiger partial charge in [0.05, 0.1) is 12.2 Å². The zero-order chi connectivity index (χ0) is 20.1. The highest BCUT2D eigenvalue weighted by Gasteiger charge is 2.53. The molecule has 29 heavy (non-hydrogen) atoms. The molecule has 3 heterocycles. The first kappa shape index (κ1) is 17.5. The molecule has 3 aliphatic rings. The van der Waals surface area contributed by atoms with Crippen LogP contribution in [0, 0.1) is 0 Å². The number of amides is 3. The van der Waals surface area contributed by atoms with Gasteiger partial charge in [-0.1, -0.05) is 60.7 Å². The largest absolute Gasteiger partial charge is 0.328 e. The molecule has 1 fully saturated rings. The number of guanidine groups is 1. The molecule has 7 nitrogen and oxygen atoms in total. The van der Waals surface area contributed by atoms with Crippen LogP contribution in [0.1, 0.15) is 11.1 Å². The number of likely N-dealkylation sites (N-methyl/N-ethyl adjacent to an activating group) is 2.